The zero-order chi connectivity index (χ0) is 21.0. The van der Waals surface area contributed by atoms with E-state index in [1.807, 2.05) is 0 Å². The highest BCUT2D eigenvalue weighted by atomic mass is 19.1. The van der Waals surface area contributed by atoms with Crippen LogP contribution in [0, 0.1) is 10.8 Å². The van der Waals surface area contributed by atoms with E-state index in [0.29, 0.717) is 11.1 Å². The minimum atomic E-state index is -1.36. The maximum Gasteiger partial charge on any atom is 0.255 e. The van der Waals surface area contributed by atoms with Crippen molar-refractivity contribution in [3.8, 4) is 11.1 Å². The number of hydrogen-bond donors (Lipinski definition) is 4. The molecule has 29 heavy (non-hydrogen) atoms. The van der Waals surface area contributed by atoms with Crippen LogP contribution in [0.25, 0.3) is 11.1 Å². The first-order valence-corrected chi connectivity index (χ1v) is 9.01. The minimum absolute atomic E-state index is 0.0297. The number of nitrogens with zero attached hydrogens (tertiary/aromatic N) is 3. The maximum atomic E-state index is 13.6. The normalized spacial score (nSPS) is 21.9. The van der Waals surface area contributed by atoms with E-state index in [4.69, 9.17) is 5.73 Å². The van der Waals surface area contributed by atoms with Gasteiger partial charge in [-0.3, -0.25) is 24.8 Å². The highest BCUT2D eigenvalue weighted by Crippen LogP contribution is 2.26. The van der Waals surface area contributed by atoms with Gasteiger partial charge in [-0.15, -0.1) is 4.91 Å². The molecule has 0 radical (unpaired) electrons. The third-order valence-electron chi connectivity index (χ3n) is 4.83. The van der Waals surface area contributed by atoms with Gasteiger partial charge in [-0.05, 0) is 25.2 Å². The zero-order valence-electron chi connectivity index (χ0n) is 15.7. The van der Waals surface area contributed by atoms with Crippen molar-refractivity contribution in [3.63, 3.8) is 0 Å². The van der Waals surface area contributed by atoms with Crippen LogP contribution in [0.4, 0.5) is 10.1 Å². The van der Waals surface area contributed by atoms with Gasteiger partial charge in [0.05, 0.1) is 18.1 Å². The number of rotatable bonds is 6. The molecule has 1 fully saturated rings. The Morgan fingerprint density at radius 1 is 1.45 bits per heavy atom. The lowest BCUT2D eigenvalue weighted by atomic mass is 9.98. The average Bonchev–Trinajstić information content (AvgIpc) is 2.70. The van der Waals surface area contributed by atoms with Crippen molar-refractivity contribution < 1.29 is 9.18 Å². The Morgan fingerprint density at radius 3 is 2.93 bits per heavy atom. The number of H-pyrrole nitrogens is 1. The minimum Gasteiger partial charge on any atom is -0.329 e. The molecule has 1 aliphatic rings. The fraction of sp³-hybridized carbons (Fsp3) is 0.389. The number of halogens is 1. The molecule has 1 saturated heterocycles. The van der Waals surface area contributed by atoms with Crippen molar-refractivity contribution in [1.29, 1.82) is 0 Å². The van der Waals surface area contributed by atoms with E-state index in [0.717, 1.165) is 0 Å². The Balaban J connectivity index is 1.90. The predicted molar refractivity (Wildman–Crippen MR) is 106 cm³/mol. The SMILES string of the molecule is CN1CC(F)CNC1C(C(=O)Nc1cnccc1-c1ccc[nH]c1=O)C(N)N=O. The van der Waals surface area contributed by atoms with Gasteiger partial charge in [0.1, 0.15) is 12.1 Å². The number of hydrogen-bond acceptors (Lipinski definition) is 8. The molecule has 11 heteroatoms. The first-order valence-electron chi connectivity index (χ1n) is 9.01. The number of aromatic nitrogens is 2. The monoisotopic (exact) mass is 403 g/mol. The highest BCUT2D eigenvalue weighted by Gasteiger charge is 2.40. The summed E-state index contributed by atoms with van der Waals surface area (Å²) in [6.45, 7) is 0.118. The summed E-state index contributed by atoms with van der Waals surface area (Å²) in [7, 11) is 1.63. The summed E-state index contributed by atoms with van der Waals surface area (Å²) in [5, 5.41) is 8.39. The van der Waals surface area contributed by atoms with Crippen molar-refractivity contribution in [1.82, 2.24) is 20.2 Å². The molecule has 1 aliphatic heterocycles. The number of carbonyl (C=O) groups excluding carboxylic acids is 1. The van der Waals surface area contributed by atoms with E-state index in [9.17, 15) is 18.9 Å². The Morgan fingerprint density at radius 2 is 2.24 bits per heavy atom. The van der Waals surface area contributed by atoms with Crippen LogP contribution in [0.15, 0.2) is 46.8 Å². The third kappa shape index (κ3) is 4.53. The largest absolute Gasteiger partial charge is 0.329 e. The molecule has 3 rings (SSSR count). The quantitative estimate of drug-likeness (QED) is 0.506. The number of nitroso groups, excluding NO2 is 1. The molecule has 5 N–H and O–H groups in total. The van der Waals surface area contributed by atoms with Crippen LogP contribution in [0.3, 0.4) is 0 Å². The summed E-state index contributed by atoms with van der Waals surface area (Å²) in [4.78, 5) is 44.5. The van der Waals surface area contributed by atoms with E-state index >= 15 is 0 Å². The van der Waals surface area contributed by atoms with Crippen LogP contribution in [0.2, 0.25) is 0 Å². The molecule has 0 aromatic carbocycles. The molecule has 4 atom stereocenters. The fourth-order valence-electron chi connectivity index (χ4n) is 3.43. The number of nitrogens with one attached hydrogen (secondary N) is 3. The second-order valence-electron chi connectivity index (χ2n) is 6.84. The first-order chi connectivity index (χ1) is 13.9. The molecular formula is C18H22FN7O3. The molecule has 0 saturated carbocycles. The van der Waals surface area contributed by atoms with E-state index < -0.39 is 30.3 Å². The van der Waals surface area contributed by atoms with Gasteiger partial charge in [-0.2, -0.15) is 0 Å². The number of amides is 1. The summed E-state index contributed by atoms with van der Waals surface area (Å²) in [6.07, 6.45) is 1.24. The summed E-state index contributed by atoms with van der Waals surface area (Å²) in [5.41, 5.74) is 6.54. The number of alkyl halides is 1. The van der Waals surface area contributed by atoms with Crippen molar-refractivity contribution in [3.05, 3.63) is 52.1 Å². The molecular weight excluding hydrogens is 381 g/mol. The van der Waals surface area contributed by atoms with Gasteiger partial charge in [-0.1, -0.05) is 5.18 Å². The molecule has 0 spiro atoms. The van der Waals surface area contributed by atoms with Crippen molar-refractivity contribution in [2.24, 2.45) is 16.8 Å². The molecule has 10 nitrogen and oxygen atoms in total. The molecule has 3 heterocycles. The van der Waals surface area contributed by atoms with E-state index in [-0.39, 0.29) is 24.3 Å². The smallest absolute Gasteiger partial charge is 0.255 e. The van der Waals surface area contributed by atoms with Crippen LogP contribution >= 0.6 is 0 Å². The molecule has 0 aliphatic carbocycles. The molecule has 0 bridgehead atoms. The Hall–Kier alpha value is -3.02. The van der Waals surface area contributed by atoms with Gasteiger partial charge < -0.3 is 16.0 Å². The molecule has 2 aromatic rings. The van der Waals surface area contributed by atoms with Crippen LogP contribution in [-0.4, -0.2) is 59.4 Å². The average molecular weight is 403 g/mol. The Bertz CT molecular complexity index is 937. The fourth-order valence-corrected chi connectivity index (χ4v) is 3.43. The number of aromatic amines is 1. The highest BCUT2D eigenvalue weighted by molar-refractivity contribution is 5.97. The second-order valence-corrected chi connectivity index (χ2v) is 6.84. The number of carbonyl (C=O) groups is 1. The summed E-state index contributed by atoms with van der Waals surface area (Å²) < 4.78 is 13.6. The molecule has 4 unspecified atom stereocenters. The second kappa shape index (κ2) is 8.99. The van der Waals surface area contributed by atoms with Gasteiger partial charge in [0.25, 0.3) is 5.56 Å². The lowest BCUT2D eigenvalue weighted by Crippen LogP contribution is -2.62. The summed E-state index contributed by atoms with van der Waals surface area (Å²) >= 11 is 0. The van der Waals surface area contributed by atoms with Crippen LogP contribution in [0.1, 0.15) is 0 Å². The van der Waals surface area contributed by atoms with Gasteiger partial charge >= 0.3 is 0 Å². The predicted octanol–water partition coefficient (Wildman–Crippen LogP) is 0.242. The van der Waals surface area contributed by atoms with Crippen LogP contribution in [-0.2, 0) is 4.79 Å². The van der Waals surface area contributed by atoms with Gasteiger partial charge in [-0.25, -0.2) is 4.39 Å². The zero-order valence-corrected chi connectivity index (χ0v) is 15.7. The lowest BCUT2D eigenvalue weighted by molar-refractivity contribution is -0.124. The van der Waals surface area contributed by atoms with Gasteiger partial charge in [0.15, 0.2) is 6.17 Å². The lowest BCUT2D eigenvalue weighted by Gasteiger charge is -2.39. The van der Waals surface area contributed by atoms with Crippen molar-refractivity contribution in [2.75, 3.05) is 25.5 Å². The maximum absolute atomic E-state index is 13.6. The standard InChI is InChI=1S/C18H22FN7O3/c1-26-9-10(19)7-23-16(26)14(15(20)25-29)18(28)24-13-8-21-6-4-11(13)12-3-2-5-22-17(12)27/h2-6,8,10,14-16,23H,7,9,20H2,1H3,(H,22,27)(H,24,28). The number of anilines is 1. The number of pyridine rings is 2. The van der Waals surface area contributed by atoms with Crippen LogP contribution < -0.4 is 21.9 Å². The Kier molecular flexibility index (Phi) is 6.42. The topological polar surface area (TPSA) is 146 Å². The first kappa shape index (κ1) is 20.7. The van der Waals surface area contributed by atoms with Gasteiger partial charge in [0, 0.05) is 36.6 Å². The van der Waals surface area contributed by atoms with Gasteiger partial charge in [0.2, 0.25) is 5.91 Å². The molecule has 154 valence electrons. The Labute approximate surface area is 165 Å². The van der Waals surface area contributed by atoms with E-state index in [1.165, 1.54) is 18.6 Å². The third-order valence-corrected chi connectivity index (χ3v) is 4.83. The molecule has 1 amide bonds. The molecule has 2 aromatic heterocycles. The summed E-state index contributed by atoms with van der Waals surface area (Å²) in [6, 6.07) is 4.86. The van der Waals surface area contributed by atoms with E-state index in [2.05, 4.69) is 25.8 Å². The summed E-state index contributed by atoms with van der Waals surface area (Å²) in [5.74, 6) is -1.69. The number of nitrogens with two attached hydrogens (primary N) is 1. The van der Waals surface area contributed by atoms with Crippen LogP contribution in [0.5, 0.6) is 0 Å². The van der Waals surface area contributed by atoms with Crippen molar-refractivity contribution >= 4 is 11.6 Å². The van der Waals surface area contributed by atoms with E-state index in [1.54, 1.807) is 30.1 Å². The van der Waals surface area contributed by atoms with Crippen molar-refractivity contribution in [2.45, 2.75) is 18.5 Å².